The third kappa shape index (κ3) is 5.04. The molecule has 7 heteroatoms. The van der Waals surface area contributed by atoms with E-state index in [0.717, 1.165) is 5.69 Å². The summed E-state index contributed by atoms with van der Waals surface area (Å²) in [6.45, 7) is 5.44. The fourth-order valence-corrected chi connectivity index (χ4v) is 3.16. The average molecular weight is 362 g/mol. The number of benzene rings is 2. The highest BCUT2D eigenvalue weighted by molar-refractivity contribution is 7.92. The van der Waals surface area contributed by atoms with Gasteiger partial charge in [0.05, 0.1) is 17.6 Å². The lowest BCUT2D eigenvalue weighted by Crippen LogP contribution is -2.72. The lowest BCUT2D eigenvalue weighted by Gasteiger charge is -2.18. The van der Waals surface area contributed by atoms with Crippen LogP contribution in [0.5, 0.6) is 0 Å². The molecule has 0 bridgehead atoms. The summed E-state index contributed by atoms with van der Waals surface area (Å²) in [5, 5.41) is 4.62. The summed E-state index contributed by atoms with van der Waals surface area (Å²) in [7, 11) is -1.85. The molecule has 2 aromatic carbocycles. The van der Waals surface area contributed by atoms with E-state index in [-0.39, 0.29) is 10.8 Å². The van der Waals surface area contributed by atoms with Gasteiger partial charge in [-0.2, -0.15) is 0 Å². The van der Waals surface area contributed by atoms with Crippen LogP contribution in [-0.4, -0.2) is 21.4 Å². The molecule has 2 aromatic rings. The van der Waals surface area contributed by atoms with Gasteiger partial charge in [-0.3, -0.25) is 9.52 Å². The first-order chi connectivity index (χ1) is 11.6. The van der Waals surface area contributed by atoms with Crippen LogP contribution in [0.1, 0.15) is 20.8 Å². The first kappa shape index (κ1) is 19.0. The molecule has 0 saturated carbocycles. The maximum absolute atomic E-state index is 12.6. The van der Waals surface area contributed by atoms with Crippen LogP contribution in [0.2, 0.25) is 0 Å². The predicted octanol–water partition coefficient (Wildman–Crippen LogP) is 2.30. The van der Waals surface area contributed by atoms with Gasteiger partial charge in [-0.15, -0.1) is 0 Å². The maximum atomic E-state index is 12.6. The number of nitrogens with two attached hydrogens (primary N) is 1. The van der Waals surface area contributed by atoms with Crippen molar-refractivity contribution in [3.8, 4) is 0 Å². The third-order valence-corrected chi connectivity index (χ3v) is 4.93. The SMILES string of the molecule is C[NH2+]c1cccc(S(=O)(=O)Nc2cccc(NC(=O)C(C)(C)C)c2)c1. The van der Waals surface area contributed by atoms with Crippen molar-refractivity contribution in [3.05, 3.63) is 48.5 Å². The molecule has 0 radical (unpaired) electrons. The topological polar surface area (TPSA) is 91.9 Å². The zero-order valence-corrected chi connectivity index (χ0v) is 15.6. The smallest absolute Gasteiger partial charge is 0.262 e. The van der Waals surface area contributed by atoms with Gasteiger partial charge in [-0.25, -0.2) is 8.42 Å². The van der Waals surface area contributed by atoms with E-state index in [1.807, 2.05) is 39.2 Å². The Morgan fingerprint density at radius 2 is 1.64 bits per heavy atom. The van der Waals surface area contributed by atoms with E-state index in [1.54, 1.807) is 42.5 Å². The lowest BCUT2D eigenvalue weighted by atomic mass is 9.95. The molecule has 2 rings (SSSR count). The number of sulfonamides is 1. The van der Waals surface area contributed by atoms with Crippen LogP contribution >= 0.6 is 0 Å². The largest absolute Gasteiger partial charge is 0.326 e. The van der Waals surface area contributed by atoms with Crippen LogP contribution in [0.3, 0.4) is 0 Å². The molecule has 0 heterocycles. The molecule has 134 valence electrons. The number of nitrogens with one attached hydrogen (secondary N) is 2. The molecule has 6 nitrogen and oxygen atoms in total. The lowest BCUT2D eigenvalue weighted by molar-refractivity contribution is -0.539. The highest BCUT2D eigenvalue weighted by Gasteiger charge is 2.21. The van der Waals surface area contributed by atoms with E-state index < -0.39 is 15.4 Å². The van der Waals surface area contributed by atoms with E-state index in [0.29, 0.717) is 11.4 Å². The van der Waals surface area contributed by atoms with E-state index in [1.165, 1.54) is 0 Å². The van der Waals surface area contributed by atoms with Gasteiger partial charge in [0.1, 0.15) is 5.69 Å². The molecular formula is C18H24N3O3S+. The van der Waals surface area contributed by atoms with Crippen LogP contribution < -0.4 is 15.4 Å². The van der Waals surface area contributed by atoms with Gasteiger partial charge in [0.2, 0.25) is 5.91 Å². The summed E-state index contributed by atoms with van der Waals surface area (Å²) in [5.41, 5.74) is 1.22. The fraction of sp³-hybridized carbons (Fsp3) is 0.278. The Kier molecular flexibility index (Phi) is 5.49. The second kappa shape index (κ2) is 7.25. The molecule has 0 aliphatic heterocycles. The van der Waals surface area contributed by atoms with E-state index in [4.69, 9.17) is 0 Å². The summed E-state index contributed by atoms with van der Waals surface area (Å²) < 4.78 is 27.6. The highest BCUT2D eigenvalue weighted by atomic mass is 32.2. The zero-order valence-electron chi connectivity index (χ0n) is 14.8. The zero-order chi connectivity index (χ0) is 18.7. The summed E-state index contributed by atoms with van der Waals surface area (Å²) in [4.78, 5) is 12.3. The van der Waals surface area contributed by atoms with E-state index >= 15 is 0 Å². The Bertz CT molecular complexity index is 871. The summed E-state index contributed by atoms with van der Waals surface area (Å²) in [5.74, 6) is -0.140. The first-order valence-corrected chi connectivity index (χ1v) is 9.44. The van der Waals surface area contributed by atoms with Crippen molar-refractivity contribution in [3.63, 3.8) is 0 Å². The monoisotopic (exact) mass is 362 g/mol. The Hall–Kier alpha value is -2.38. The Morgan fingerprint density at radius 3 is 2.28 bits per heavy atom. The molecule has 0 aliphatic carbocycles. The van der Waals surface area contributed by atoms with Crippen LogP contribution in [0.15, 0.2) is 53.4 Å². The molecular weight excluding hydrogens is 338 g/mol. The van der Waals surface area contributed by atoms with Crippen molar-refractivity contribution in [1.29, 1.82) is 0 Å². The second-order valence-electron chi connectivity index (χ2n) is 6.75. The molecule has 4 N–H and O–H groups in total. The van der Waals surface area contributed by atoms with Crippen molar-refractivity contribution >= 4 is 33.0 Å². The Morgan fingerprint density at radius 1 is 1.00 bits per heavy atom. The number of hydrogen-bond donors (Lipinski definition) is 3. The van der Waals surface area contributed by atoms with Gasteiger partial charge in [-0.05, 0) is 30.3 Å². The minimum atomic E-state index is -3.70. The van der Waals surface area contributed by atoms with Crippen LogP contribution in [0.4, 0.5) is 17.1 Å². The van der Waals surface area contributed by atoms with Crippen LogP contribution in [-0.2, 0) is 14.8 Å². The number of anilines is 2. The number of carbonyl (C=O) groups excluding carboxylic acids is 1. The van der Waals surface area contributed by atoms with Gasteiger partial charge in [-0.1, -0.05) is 32.9 Å². The molecule has 0 atom stereocenters. The molecule has 0 aromatic heterocycles. The number of amides is 1. The Balaban J connectivity index is 2.22. The number of quaternary nitrogens is 1. The molecule has 0 aliphatic rings. The predicted molar refractivity (Wildman–Crippen MR) is 99.3 cm³/mol. The van der Waals surface area contributed by atoms with Crippen molar-refractivity contribution in [2.24, 2.45) is 5.41 Å². The average Bonchev–Trinajstić information content (AvgIpc) is 2.54. The maximum Gasteiger partial charge on any atom is 0.262 e. The number of carbonyl (C=O) groups is 1. The molecule has 25 heavy (non-hydrogen) atoms. The minimum absolute atomic E-state index is 0.140. The molecule has 0 saturated heterocycles. The molecule has 0 spiro atoms. The number of rotatable bonds is 5. The van der Waals surface area contributed by atoms with E-state index in [9.17, 15) is 13.2 Å². The normalized spacial score (nSPS) is 11.8. The first-order valence-electron chi connectivity index (χ1n) is 7.95. The van der Waals surface area contributed by atoms with Crippen LogP contribution in [0.25, 0.3) is 0 Å². The van der Waals surface area contributed by atoms with Crippen molar-refractivity contribution in [2.45, 2.75) is 25.7 Å². The van der Waals surface area contributed by atoms with Crippen molar-refractivity contribution < 1.29 is 18.5 Å². The van der Waals surface area contributed by atoms with Crippen LogP contribution in [0, 0.1) is 5.41 Å². The minimum Gasteiger partial charge on any atom is -0.326 e. The van der Waals surface area contributed by atoms with E-state index in [2.05, 4.69) is 10.0 Å². The molecule has 0 unspecified atom stereocenters. The van der Waals surface area contributed by atoms with Gasteiger partial charge < -0.3 is 10.6 Å². The van der Waals surface area contributed by atoms with Crippen molar-refractivity contribution in [1.82, 2.24) is 0 Å². The fourth-order valence-electron chi connectivity index (χ4n) is 2.05. The Labute approximate surface area is 148 Å². The standard InChI is InChI=1S/C18H23N3O3S/c1-18(2,3)17(22)20-14-8-5-9-15(11-14)21-25(23,24)16-10-6-7-13(12-16)19-4/h5-12,19,21H,1-4H3,(H,20,22)/p+1. The van der Waals surface area contributed by atoms with Gasteiger partial charge in [0.15, 0.2) is 0 Å². The summed E-state index contributed by atoms with van der Waals surface area (Å²) >= 11 is 0. The molecule has 1 amide bonds. The number of hydrogen-bond acceptors (Lipinski definition) is 3. The van der Waals surface area contributed by atoms with Gasteiger partial charge in [0.25, 0.3) is 10.0 Å². The van der Waals surface area contributed by atoms with Crippen molar-refractivity contribution in [2.75, 3.05) is 17.1 Å². The second-order valence-corrected chi connectivity index (χ2v) is 8.43. The van der Waals surface area contributed by atoms with Gasteiger partial charge in [0, 0.05) is 17.2 Å². The summed E-state index contributed by atoms with van der Waals surface area (Å²) in [6.07, 6.45) is 0. The summed E-state index contributed by atoms with van der Waals surface area (Å²) in [6, 6.07) is 13.3. The third-order valence-electron chi connectivity index (χ3n) is 3.56. The quantitative estimate of drug-likeness (QED) is 0.713. The van der Waals surface area contributed by atoms with Gasteiger partial charge >= 0.3 is 0 Å². The highest BCUT2D eigenvalue weighted by Crippen LogP contribution is 2.22. The molecule has 0 fully saturated rings.